The Hall–Kier alpha value is -2.33. The van der Waals surface area contributed by atoms with Gasteiger partial charge in [0.25, 0.3) is 0 Å². The van der Waals surface area contributed by atoms with Crippen LogP contribution in [0.1, 0.15) is 35.6 Å². The summed E-state index contributed by atoms with van der Waals surface area (Å²) in [6, 6.07) is 27.3. The summed E-state index contributed by atoms with van der Waals surface area (Å²) >= 11 is 6.11. The minimum atomic E-state index is -0.0810. The van der Waals surface area contributed by atoms with Crippen LogP contribution in [-0.4, -0.2) is 37.7 Å². The van der Waals surface area contributed by atoms with Gasteiger partial charge in [-0.3, -0.25) is 4.90 Å². The molecule has 0 spiro atoms. The van der Waals surface area contributed by atoms with E-state index in [-0.39, 0.29) is 6.10 Å². The fourth-order valence-electron chi connectivity index (χ4n) is 4.30. The fourth-order valence-corrected chi connectivity index (χ4v) is 4.43. The van der Waals surface area contributed by atoms with Crippen molar-refractivity contribution in [2.45, 2.75) is 31.4 Å². The maximum absolute atomic E-state index is 6.55. The van der Waals surface area contributed by atoms with Gasteiger partial charge in [-0.15, -0.1) is 0 Å². The summed E-state index contributed by atoms with van der Waals surface area (Å²) in [5.41, 5.74) is 3.65. The Morgan fingerprint density at radius 2 is 1.65 bits per heavy atom. The predicted octanol–water partition coefficient (Wildman–Crippen LogP) is 6.16. The summed E-state index contributed by atoms with van der Waals surface area (Å²) in [7, 11) is 1.70. The Bertz CT molecular complexity index is 928. The zero-order chi connectivity index (χ0) is 21.5. The number of likely N-dealkylation sites (tertiary alicyclic amines) is 1. The maximum Gasteiger partial charge on any atom is 0.118 e. The summed E-state index contributed by atoms with van der Waals surface area (Å²) < 4.78 is 11.8. The van der Waals surface area contributed by atoms with Crippen LogP contribution in [0, 0.1) is 0 Å². The quantitative estimate of drug-likeness (QED) is 0.401. The smallest absolute Gasteiger partial charge is 0.118 e. The van der Waals surface area contributed by atoms with Gasteiger partial charge in [-0.1, -0.05) is 66.2 Å². The maximum atomic E-state index is 6.55. The number of hydrogen-bond acceptors (Lipinski definition) is 3. The van der Waals surface area contributed by atoms with Crippen LogP contribution in [0.15, 0.2) is 78.9 Å². The molecular formula is C27H30ClNO2. The van der Waals surface area contributed by atoms with Crippen molar-refractivity contribution >= 4 is 11.6 Å². The summed E-state index contributed by atoms with van der Waals surface area (Å²) in [5.74, 6) is 0.908. The van der Waals surface area contributed by atoms with Crippen LogP contribution in [0.3, 0.4) is 0 Å². The second kappa shape index (κ2) is 10.8. The molecule has 0 bridgehead atoms. The molecule has 0 N–H and O–H groups in total. The molecule has 0 amide bonds. The second-order valence-electron chi connectivity index (χ2n) is 8.11. The highest BCUT2D eigenvalue weighted by Gasteiger charge is 2.26. The number of rotatable bonds is 9. The molecule has 0 aromatic heterocycles. The highest BCUT2D eigenvalue weighted by atomic mass is 35.5. The van der Waals surface area contributed by atoms with E-state index in [2.05, 4.69) is 53.4 Å². The largest absolute Gasteiger partial charge is 0.497 e. The Kier molecular flexibility index (Phi) is 7.63. The van der Waals surface area contributed by atoms with E-state index in [4.69, 9.17) is 21.1 Å². The SMILES string of the molecule is COc1ccc(CCN2CCCC2COC(c2ccccc2)c2ccc(Cl)cc2)cc1. The normalized spacial score (nSPS) is 17.5. The third-order valence-corrected chi connectivity index (χ3v) is 6.33. The number of halogens is 1. The molecule has 0 radical (unpaired) electrons. The Morgan fingerprint density at radius 3 is 2.35 bits per heavy atom. The molecule has 0 saturated carbocycles. The average molecular weight is 436 g/mol. The van der Waals surface area contributed by atoms with E-state index in [9.17, 15) is 0 Å². The summed E-state index contributed by atoms with van der Waals surface area (Å²) in [4.78, 5) is 2.58. The summed E-state index contributed by atoms with van der Waals surface area (Å²) in [5, 5.41) is 0.746. The number of ether oxygens (including phenoxy) is 2. The molecule has 31 heavy (non-hydrogen) atoms. The highest BCUT2D eigenvalue weighted by molar-refractivity contribution is 6.30. The predicted molar refractivity (Wildman–Crippen MR) is 127 cm³/mol. The molecule has 0 aliphatic carbocycles. The lowest BCUT2D eigenvalue weighted by Gasteiger charge is -2.27. The molecule has 1 aliphatic heterocycles. The molecule has 3 nitrogen and oxygen atoms in total. The van der Waals surface area contributed by atoms with Crippen molar-refractivity contribution in [1.29, 1.82) is 0 Å². The first-order valence-electron chi connectivity index (χ1n) is 11.0. The van der Waals surface area contributed by atoms with Crippen molar-refractivity contribution in [1.82, 2.24) is 4.90 Å². The van der Waals surface area contributed by atoms with Crippen LogP contribution in [-0.2, 0) is 11.2 Å². The molecule has 1 heterocycles. The van der Waals surface area contributed by atoms with Crippen molar-refractivity contribution in [3.05, 3.63) is 101 Å². The van der Waals surface area contributed by atoms with Crippen LogP contribution < -0.4 is 4.74 Å². The van der Waals surface area contributed by atoms with Crippen molar-refractivity contribution < 1.29 is 9.47 Å². The zero-order valence-electron chi connectivity index (χ0n) is 18.0. The van der Waals surface area contributed by atoms with Gasteiger partial charge in [0.2, 0.25) is 0 Å². The summed E-state index contributed by atoms with van der Waals surface area (Å²) in [6.07, 6.45) is 3.38. The minimum absolute atomic E-state index is 0.0810. The second-order valence-corrected chi connectivity index (χ2v) is 8.54. The molecule has 1 saturated heterocycles. The lowest BCUT2D eigenvalue weighted by atomic mass is 10.0. The Morgan fingerprint density at radius 1 is 0.935 bits per heavy atom. The molecule has 1 aliphatic rings. The highest BCUT2D eigenvalue weighted by Crippen LogP contribution is 2.29. The third kappa shape index (κ3) is 5.88. The first kappa shape index (κ1) is 21.9. The Labute approximate surface area is 190 Å². The number of benzene rings is 3. The lowest BCUT2D eigenvalue weighted by molar-refractivity contribution is 0.0381. The number of nitrogens with zero attached hydrogens (tertiary/aromatic N) is 1. The molecule has 4 heteroatoms. The molecule has 2 atom stereocenters. The van der Waals surface area contributed by atoms with Crippen LogP contribution >= 0.6 is 11.6 Å². The van der Waals surface area contributed by atoms with Crippen molar-refractivity contribution in [3.8, 4) is 5.75 Å². The Balaban J connectivity index is 1.39. The van der Waals surface area contributed by atoms with Gasteiger partial charge in [0.05, 0.1) is 13.7 Å². The van der Waals surface area contributed by atoms with Crippen LogP contribution in [0.25, 0.3) is 0 Å². The van der Waals surface area contributed by atoms with E-state index in [1.165, 1.54) is 24.0 Å². The molecule has 3 aromatic carbocycles. The summed E-state index contributed by atoms with van der Waals surface area (Å²) in [6.45, 7) is 2.92. The first-order valence-corrected chi connectivity index (χ1v) is 11.4. The van der Waals surface area contributed by atoms with E-state index in [0.717, 1.165) is 42.5 Å². The van der Waals surface area contributed by atoms with Gasteiger partial charge in [0.15, 0.2) is 0 Å². The zero-order valence-corrected chi connectivity index (χ0v) is 18.8. The molecule has 162 valence electrons. The van der Waals surface area contributed by atoms with Gasteiger partial charge < -0.3 is 9.47 Å². The van der Waals surface area contributed by atoms with Gasteiger partial charge in [-0.05, 0) is 66.8 Å². The van der Waals surface area contributed by atoms with Gasteiger partial charge in [-0.2, -0.15) is 0 Å². The van der Waals surface area contributed by atoms with Crippen LogP contribution in [0.4, 0.5) is 0 Å². The third-order valence-electron chi connectivity index (χ3n) is 6.08. The van der Waals surface area contributed by atoms with Crippen LogP contribution in [0.2, 0.25) is 5.02 Å². The van der Waals surface area contributed by atoms with Crippen LogP contribution in [0.5, 0.6) is 5.75 Å². The minimum Gasteiger partial charge on any atom is -0.497 e. The average Bonchev–Trinajstić information content (AvgIpc) is 3.27. The van der Waals surface area contributed by atoms with E-state index in [0.29, 0.717) is 6.04 Å². The lowest BCUT2D eigenvalue weighted by Crippen LogP contribution is -2.35. The van der Waals surface area contributed by atoms with E-state index in [1.54, 1.807) is 7.11 Å². The topological polar surface area (TPSA) is 21.7 Å². The van der Waals surface area contributed by atoms with E-state index >= 15 is 0 Å². The van der Waals surface area contributed by atoms with Crippen molar-refractivity contribution in [2.24, 2.45) is 0 Å². The van der Waals surface area contributed by atoms with Gasteiger partial charge in [-0.25, -0.2) is 0 Å². The molecular weight excluding hydrogens is 406 g/mol. The van der Waals surface area contributed by atoms with Gasteiger partial charge >= 0.3 is 0 Å². The van der Waals surface area contributed by atoms with Crippen molar-refractivity contribution in [2.75, 3.05) is 26.8 Å². The monoisotopic (exact) mass is 435 g/mol. The standard InChI is InChI=1S/C27H30ClNO2/c1-30-26-15-9-21(10-16-26)17-19-29-18-5-8-25(29)20-31-27(22-6-3-2-4-7-22)23-11-13-24(28)14-12-23/h2-4,6-7,9-16,25,27H,5,8,17-20H2,1H3. The number of hydrogen-bond donors (Lipinski definition) is 0. The molecule has 3 aromatic rings. The number of methoxy groups -OCH3 is 1. The molecule has 4 rings (SSSR count). The molecule has 1 fully saturated rings. The van der Waals surface area contributed by atoms with Gasteiger partial charge in [0.1, 0.15) is 11.9 Å². The first-order chi connectivity index (χ1) is 15.2. The molecule has 2 unspecified atom stereocenters. The van der Waals surface area contributed by atoms with E-state index < -0.39 is 0 Å². The van der Waals surface area contributed by atoms with E-state index in [1.807, 2.05) is 30.3 Å². The van der Waals surface area contributed by atoms with Gasteiger partial charge in [0, 0.05) is 17.6 Å². The van der Waals surface area contributed by atoms with Crippen molar-refractivity contribution in [3.63, 3.8) is 0 Å². The fraction of sp³-hybridized carbons (Fsp3) is 0.333.